The first kappa shape index (κ1) is 12.8. The maximum absolute atomic E-state index is 5.95. The van der Waals surface area contributed by atoms with Crippen molar-refractivity contribution in [3.8, 4) is 0 Å². The van der Waals surface area contributed by atoms with Gasteiger partial charge in [0, 0.05) is 30.4 Å². The standard InChI is InChI=1S/C16H18N4/c1-12(17)15-10-18-11-20(15)9-7-14-5-2-4-13-6-3-8-19-16(13)14/h2-6,8,10-12H,7,9,17H2,1H3/t12-/m0/s1. The van der Waals surface area contributed by atoms with Crippen molar-refractivity contribution in [2.45, 2.75) is 25.9 Å². The Labute approximate surface area is 118 Å². The lowest BCUT2D eigenvalue weighted by molar-refractivity contribution is 0.625. The molecule has 0 aliphatic carbocycles. The maximum atomic E-state index is 5.95. The normalized spacial score (nSPS) is 12.7. The summed E-state index contributed by atoms with van der Waals surface area (Å²) in [7, 11) is 0. The zero-order valence-electron chi connectivity index (χ0n) is 11.5. The third-order valence-corrected chi connectivity index (χ3v) is 3.55. The van der Waals surface area contributed by atoms with Crippen LogP contribution in [0.15, 0.2) is 49.1 Å². The molecule has 0 radical (unpaired) electrons. The molecule has 2 aromatic heterocycles. The molecule has 0 saturated heterocycles. The van der Waals surface area contributed by atoms with Crippen LogP contribution < -0.4 is 5.73 Å². The summed E-state index contributed by atoms with van der Waals surface area (Å²) < 4.78 is 2.12. The molecule has 0 spiro atoms. The van der Waals surface area contributed by atoms with Gasteiger partial charge in [-0.25, -0.2) is 4.98 Å². The van der Waals surface area contributed by atoms with E-state index < -0.39 is 0 Å². The summed E-state index contributed by atoms with van der Waals surface area (Å²) in [4.78, 5) is 8.67. The van der Waals surface area contributed by atoms with Crippen LogP contribution in [0.2, 0.25) is 0 Å². The van der Waals surface area contributed by atoms with Crippen LogP contribution >= 0.6 is 0 Å². The summed E-state index contributed by atoms with van der Waals surface area (Å²) in [6.45, 7) is 2.85. The molecule has 0 unspecified atom stereocenters. The molecule has 20 heavy (non-hydrogen) atoms. The van der Waals surface area contributed by atoms with Crippen molar-refractivity contribution in [1.29, 1.82) is 0 Å². The fourth-order valence-corrected chi connectivity index (χ4v) is 2.51. The average Bonchev–Trinajstić information content (AvgIpc) is 2.93. The van der Waals surface area contributed by atoms with Crippen LogP contribution in [0.3, 0.4) is 0 Å². The van der Waals surface area contributed by atoms with Crippen LogP contribution in [0.1, 0.15) is 24.2 Å². The summed E-state index contributed by atoms with van der Waals surface area (Å²) in [6, 6.07) is 10.4. The van der Waals surface area contributed by atoms with Crippen LogP contribution in [0, 0.1) is 0 Å². The number of imidazole rings is 1. The van der Waals surface area contributed by atoms with Gasteiger partial charge in [0.25, 0.3) is 0 Å². The second-order valence-electron chi connectivity index (χ2n) is 5.04. The van der Waals surface area contributed by atoms with Gasteiger partial charge in [0.1, 0.15) is 0 Å². The first-order chi connectivity index (χ1) is 9.75. The van der Waals surface area contributed by atoms with E-state index in [1.165, 1.54) is 10.9 Å². The lowest BCUT2D eigenvalue weighted by Gasteiger charge is -2.11. The number of hydrogen-bond acceptors (Lipinski definition) is 3. The molecule has 0 saturated carbocycles. The number of rotatable bonds is 4. The fourth-order valence-electron chi connectivity index (χ4n) is 2.51. The summed E-state index contributed by atoms with van der Waals surface area (Å²) in [5.41, 5.74) is 9.35. The monoisotopic (exact) mass is 266 g/mol. The largest absolute Gasteiger partial charge is 0.333 e. The summed E-state index contributed by atoms with van der Waals surface area (Å²) in [5, 5.41) is 1.18. The number of fused-ring (bicyclic) bond motifs is 1. The summed E-state index contributed by atoms with van der Waals surface area (Å²) in [5.74, 6) is 0. The van der Waals surface area contributed by atoms with E-state index in [9.17, 15) is 0 Å². The first-order valence-corrected chi connectivity index (χ1v) is 6.84. The highest BCUT2D eigenvalue weighted by Gasteiger charge is 2.07. The third-order valence-electron chi connectivity index (χ3n) is 3.55. The average molecular weight is 266 g/mol. The van der Waals surface area contributed by atoms with Crippen LogP contribution in [0.5, 0.6) is 0 Å². The van der Waals surface area contributed by atoms with E-state index in [2.05, 4.69) is 38.8 Å². The van der Waals surface area contributed by atoms with E-state index in [4.69, 9.17) is 5.73 Å². The zero-order valence-corrected chi connectivity index (χ0v) is 11.5. The second-order valence-corrected chi connectivity index (χ2v) is 5.04. The van der Waals surface area contributed by atoms with Crippen molar-refractivity contribution in [2.24, 2.45) is 5.73 Å². The van der Waals surface area contributed by atoms with Gasteiger partial charge in [-0.05, 0) is 25.0 Å². The Morgan fingerprint density at radius 1 is 1.25 bits per heavy atom. The number of para-hydroxylation sites is 1. The third kappa shape index (κ3) is 2.42. The second kappa shape index (κ2) is 5.43. The van der Waals surface area contributed by atoms with E-state index in [-0.39, 0.29) is 6.04 Å². The van der Waals surface area contributed by atoms with Gasteiger partial charge in [-0.15, -0.1) is 0 Å². The van der Waals surface area contributed by atoms with Crippen molar-refractivity contribution in [3.63, 3.8) is 0 Å². The molecule has 3 aromatic rings. The minimum atomic E-state index is 0.00291. The van der Waals surface area contributed by atoms with E-state index in [0.717, 1.165) is 24.2 Å². The molecule has 0 amide bonds. The number of pyridine rings is 1. The van der Waals surface area contributed by atoms with Gasteiger partial charge >= 0.3 is 0 Å². The number of aryl methyl sites for hydroxylation is 2. The number of benzene rings is 1. The lowest BCUT2D eigenvalue weighted by atomic mass is 10.1. The van der Waals surface area contributed by atoms with Crippen molar-refractivity contribution in [3.05, 3.63) is 60.3 Å². The Morgan fingerprint density at radius 2 is 2.10 bits per heavy atom. The Morgan fingerprint density at radius 3 is 2.95 bits per heavy atom. The van der Waals surface area contributed by atoms with E-state index >= 15 is 0 Å². The Hall–Kier alpha value is -2.20. The number of aromatic nitrogens is 3. The number of nitrogens with zero attached hydrogens (tertiary/aromatic N) is 3. The van der Waals surface area contributed by atoms with Gasteiger partial charge in [-0.3, -0.25) is 4.98 Å². The molecule has 0 aliphatic rings. The van der Waals surface area contributed by atoms with Crippen LogP contribution in [0.25, 0.3) is 10.9 Å². The van der Waals surface area contributed by atoms with Gasteiger partial charge in [-0.1, -0.05) is 24.3 Å². The molecule has 4 heteroatoms. The highest BCUT2D eigenvalue weighted by atomic mass is 15.1. The minimum Gasteiger partial charge on any atom is -0.333 e. The van der Waals surface area contributed by atoms with Gasteiger partial charge < -0.3 is 10.3 Å². The van der Waals surface area contributed by atoms with Crippen molar-refractivity contribution >= 4 is 10.9 Å². The SMILES string of the molecule is C[C@H](N)c1cncn1CCc1cccc2cccnc12. The summed E-state index contributed by atoms with van der Waals surface area (Å²) in [6.07, 6.45) is 6.45. The Kier molecular flexibility index (Phi) is 3.48. The van der Waals surface area contributed by atoms with Gasteiger partial charge in [0.05, 0.1) is 17.5 Å². The molecule has 3 rings (SSSR count). The molecular weight excluding hydrogens is 248 g/mol. The lowest BCUT2D eigenvalue weighted by Crippen LogP contribution is -2.13. The molecule has 2 N–H and O–H groups in total. The minimum absolute atomic E-state index is 0.00291. The molecule has 2 heterocycles. The predicted molar refractivity (Wildman–Crippen MR) is 80.3 cm³/mol. The number of nitrogens with two attached hydrogens (primary N) is 1. The zero-order chi connectivity index (χ0) is 13.9. The van der Waals surface area contributed by atoms with Crippen LogP contribution in [-0.4, -0.2) is 14.5 Å². The topological polar surface area (TPSA) is 56.7 Å². The molecule has 1 aromatic carbocycles. The van der Waals surface area contributed by atoms with E-state index in [0.29, 0.717) is 0 Å². The van der Waals surface area contributed by atoms with Gasteiger partial charge in [0.15, 0.2) is 0 Å². The molecule has 0 bridgehead atoms. The van der Waals surface area contributed by atoms with Gasteiger partial charge in [-0.2, -0.15) is 0 Å². The van der Waals surface area contributed by atoms with Crippen molar-refractivity contribution in [1.82, 2.24) is 14.5 Å². The van der Waals surface area contributed by atoms with Crippen molar-refractivity contribution < 1.29 is 0 Å². The highest BCUT2D eigenvalue weighted by Crippen LogP contribution is 2.17. The maximum Gasteiger partial charge on any atom is 0.0948 e. The quantitative estimate of drug-likeness (QED) is 0.790. The van der Waals surface area contributed by atoms with E-state index in [1.807, 2.05) is 31.7 Å². The Balaban J connectivity index is 1.85. The highest BCUT2D eigenvalue weighted by molar-refractivity contribution is 5.81. The number of hydrogen-bond donors (Lipinski definition) is 1. The fraction of sp³-hybridized carbons (Fsp3) is 0.250. The van der Waals surface area contributed by atoms with Crippen LogP contribution in [0.4, 0.5) is 0 Å². The molecule has 0 fully saturated rings. The molecule has 1 atom stereocenters. The molecule has 102 valence electrons. The van der Waals surface area contributed by atoms with E-state index in [1.54, 1.807) is 0 Å². The van der Waals surface area contributed by atoms with Crippen LogP contribution in [-0.2, 0) is 13.0 Å². The molecule has 0 aliphatic heterocycles. The van der Waals surface area contributed by atoms with Gasteiger partial charge in [0.2, 0.25) is 0 Å². The molecular formula is C16H18N4. The molecule has 4 nitrogen and oxygen atoms in total. The first-order valence-electron chi connectivity index (χ1n) is 6.84. The Bertz CT molecular complexity index is 710. The predicted octanol–water partition coefficient (Wildman–Crippen LogP) is 2.69. The van der Waals surface area contributed by atoms with Crippen molar-refractivity contribution in [2.75, 3.05) is 0 Å². The summed E-state index contributed by atoms with van der Waals surface area (Å²) >= 11 is 0. The smallest absolute Gasteiger partial charge is 0.0948 e.